The SMILES string of the molecule is Cc1c(C(=O)OC2CCC(NC(=O)OC(C)(C)C)CC2)ccc2c1OC(C)O2. The number of carbonyl (C=O) groups excluding carboxylic acids is 2. The van der Waals surface area contributed by atoms with Crippen LogP contribution in [-0.2, 0) is 9.47 Å². The van der Waals surface area contributed by atoms with E-state index in [0.717, 1.165) is 18.4 Å². The van der Waals surface area contributed by atoms with Gasteiger partial charge >= 0.3 is 12.1 Å². The molecule has 0 saturated heterocycles. The molecule has 1 amide bonds. The van der Waals surface area contributed by atoms with Crippen LogP contribution in [-0.4, -0.2) is 36.1 Å². The van der Waals surface area contributed by atoms with Crippen LogP contribution in [0.25, 0.3) is 0 Å². The Hall–Kier alpha value is -2.44. The number of esters is 1. The van der Waals surface area contributed by atoms with Crippen molar-refractivity contribution in [3.05, 3.63) is 23.3 Å². The van der Waals surface area contributed by atoms with Gasteiger partial charge in [-0.15, -0.1) is 0 Å². The van der Waals surface area contributed by atoms with E-state index in [1.165, 1.54) is 0 Å². The first-order valence-corrected chi connectivity index (χ1v) is 9.80. The maximum Gasteiger partial charge on any atom is 0.407 e. The second kappa shape index (κ2) is 7.89. The second-order valence-electron chi connectivity index (χ2n) is 8.39. The normalized spacial score (nSPS) is 23.8. The van der Waals surface area contributed by atoms with Gasteiger partial charge in [-0.1, -0.05) is 0 Å². The molecule has 7 heteroatoms. The first-order valence-electron chi connectivity index (χ1n) is 9.80. The van der Waals surface area contributed by atoms with E-state index in [1.54, 1.807) is 19.1 Å². The Bertz CT molecular complexity index is 746. The van der Waals surface area contributed by atoms with Crippen molar-refractivity contribution in [2.75, 3.05) is 0 Å². The van der Waals surface area contributed by atoms with Crippen LogP contribution in [0.4, 0.5) is 4.79 Å². The highest BCUT2D eigenvalue weighted by atomic mass is 16.7. The molecule has 1 aliphatic carbocycles. The topological polar surface area (TPSA) is 83.1 Å². The number of amides is 1. The minimum atomic E-state index is -0.517. The van der Waals surface area contributed by atoms with E-state index in [1.807, 2.05) is 27.7 Å². The molecule has 3 rings (SSSR count). The molecule has 154 valence electrons. The summed E-state index contributed by atoms with van der Waals surface area (Å²) in [6, 6.07) is 3.50. The number of hydrogen-bond acceptors (Lipinski definition) is 6. The van der Waals surface area contributed by atoms with Crippen molar-refractivity contribution >= 4 is 12.1 Å². The molecule has 7 nitrogen and oxygen atoms in total. The van der Waals surface area contributed by atoms with Crippen LogP contribution in [0.2, 0.25) is 0 Å². The summed E-state index contributed by atoms with van der Waals surface area (Å²) in [6.07, 6.45) is 1.97. The van der Waals surface area contributed by atoms with Gasteiger partial charge in [0.05, 0.1) is 5.56 Å². The summed E-state index contributed by atoms with van der Waals surface area (Å²) in [5.74, 6) is 0.898. The third-order valence-electron chi connectivity index (χ3n) is 4.84. The van der Waals surface area contributed by atoms with Gasteiger partial charge in [0.25, 0.3) is 0 Å². The van der Waals surface area contributed by atoms with Crippen LogP contribution in [0.5, 0.6) is 11.5 Å². The van der Waals surface area contributed by atoms with Crippen molar-refractivity contribution in [3.63, 3.8) is 0 Å². The lowest BCUT2D eigenvalue weighted by Gasteiger charge is -2.30. The molecule has 1 aromatic rings. The number of rotatable bonds is 3. The Morgan fingerprint density at radius 3 is 2.43 bits per heavy atom. The first kappa shape index (κ1) is 20.3. The fourth-order valence-electron chi connectivity index (χ4n) is 3.51. The summed E-state index contributed by atoms with van der Waals surface area (Å²) in [6.45, 7) is 9.14. The first-order chi connectivity index (χ1) is 13.1. The van der Waals surface area contributed by atoms with Gasteiger partial charge < -0.3 is 24.3 Å². The van der Waals surface area contributed by atoms with Gasteiger partial charge in [0.2, 0.25) is 6.29 Å². The minimum absolute atomic E-state index is 0.0403. The molecule has 0 aromatic heterocycles. The maximum atomic E-state index is 12.6. The van der Waals surface area contributed by atoms with E-state index in [0.29, 0.717) is 29.9 Å². The summed E-state index contributed by atoms with van der Waals surface area (Å²) >= 11 is 0. The lowest BCUT2D eigenvalue weighted by molar-refractivity contribution is 0.0160. The van der Waals surface area contributed by atoms with E-state index in [4.69, 9.17) is 18.9 Å². The van der Waals surface area contributed by atoms with Crippen LogP contribution >= 0.6 is 0 Å². The molecule has 1 fully saturated rings. The summed E-state index contributed by atoms with van der Waals surface area (Å²) in [4.78, 5) is 24.5. The van der Waals surface area contributed by atoms with Gasteiger partial charge in [-0.2, -0.15) is 0 Å². The van der Waals surface area contributed by atoms with Crippen molar-refractivity contribution in [1.82, 2.24) is 5.32 Å². The smallest absolute Gasteiger partial charge is 0.407 e. The predicted octanol–water partition coefficient (Wildman–Crippen LogP) is 4.10. The van der Waals surface area contributed by atoms with Gasteiger partial charge in [0, 0.05) is 18.5 Å². The van der Waals surface area contributed by atoms with Gasteiger partial charge in [-0.25, -0.2) is 9.59 Å². The van der Waals surface area contributed by atoms with Crippen molar-refractivity contribution in [2.24, 2.45) is 0 Å². The summed E-state index contributed by atoms with van der Waals surface area (Å²) < 4.78 is 22.1. The van der Waals surface area contributed by atoms with Crippen LogP contribution in [0.1, 0.15) is 69.3 Å². The zero-order chi connectivity index (χ0) is 20.5. The molecule has 1 aliphatic heterocycles. The summed E-state index contributed by atoms with van der Waals surface area (Å²) in [5.41, 5.74) is 0.703. The fourth-order valence-corrected chi connectivity index (χ4v) is 3.51. The highest BCUT2D eigenvalue weighted by molar-refractivity contribution is 5.92. The molecular formula is C21H29NO6. The van der Waals surface area contributed by atoms with E-state index in [9.17, 15) is 9.59 Å². The Morgan fingerprint density at radius 2 is 1.79 bits per heavy atom. The number of alkyl carbamates (subject to hydrolysis) is 1. The number of benzene rings is 1. The molecule has 1 N–H and O–H groups in total. The van der Waals surface area contributed by atoms with E-state index < -0.39 is 11.7 Å². The molecule has 2 aliphatic rings. The largest absolute Gasteiger partial charge is 0.459 e. The van der Waals surface area contributed by atoms with Gasteiger partial charge in [0.1, 0.15) is 11.7 Å². The van der Waals surface area contributed by atoms with Crippen molar-refractivity contribution in [3.8, 4) is 11.5 Å². The highest BCUT2D eigenvalue weighted by Gasteiger charge is 2.29. The average molecular weight is 391 g/mol. The lowest BCUT2D eigenvalue weighted by atomic mass is 9.93. The van der Waals surface area contributed by atoms with Crippen LogP contribution in [0.15, 0.2) is 12.1 Å². The zero-order valence-corrected chi connectivity index (χ0v) is 17.2. The van der Waals surface area contributed by atoms with Gasteiger partial charge in [0.15, 0.2) is 11.5 Å². The third kappa shape index (κ3) is 4.88. The van der Waals surface area contributed by atoms with Gasteiger partial charge in [-0.05, 0) is 65.5 Å². The van der Waals surface area contributed by atoms with Crippen LogP contribution in [0.3, 0.4) is 0 Å². The highest BCUT2D eigenvalue weighted by Crippen LogP contribution is 2.39. The minimum Gasteiger partial charge on any atom is -0.459 e. The number of ether oxygens (including phenoxy) is 4. The van der Waals surface area contributed by atoms with E-state index in [-0.39, 0.29) is 24.4 Å². The number of hydrogen-bond donors (Lipinski definition) is 1. The number of carbonyl (C=O) groups is 2. The van der Waals surface area contributed by atoms with Crippen molar-refractivity contribution < 1.29 is 28.5 Å². The Morgan fingerprint density at radius 1 is 1.11 bits per heavy atom. The molecule has 1 atom stereocenters. The van der Waals surface area contributed by atoms with Crippen molar-refractivity contribution in [2.45, 2.75) is 84.3 Å². The number of nitrogens with one attached hydrogen (secondary N) is 1. The molecule has 1 aromatic carbocycles. The van der Waals surface area contributed by atoms with Crippen molar-refractivity contribution in [1.29, 1.82) is 0 Å². The fraction of sp³-hybridized carbons (Fsp3) is 0.619. The monoisotopic (exact) mass is 391 g/mol. The zero-order valence-electron chi connectivity index (χ0n) is 17.2. The molecule has 28 heavy (non-hydrogen) atoms. The average Bonchev–Trinajstić information content (AvgIpc) is 2.96. The molecule has 0 spiro atoms. The molecule has 0 radical (unpaired) electrons. The lowest BCUT2D eigenvalue weighted by Crippen LogP contribution is -2.42. The van der Waals surface area contributed by atoms with Crippen LogP contribution in [0, 0.1) is 6.92 Å². The number of fused-ring (bicyclic) bond motifs is 1. The molecule has 0 bridgehead atoms. The standard InChI is InChI=1S/C21H29NO6/c1-12-16(10-11-17-18(12)26-13(2)25-17)19(23)27-15-8-6-14(7-9-15)22-20(24)28-21(3,4)5/h10-11,13-15H,6-9H2,1-5H3,(H,22,24). The maximum absolute atomic E-state index is 12.6. The predicted molar refractivity (Wildman–Crippen MR) is 103 cm³/mol. The molecular weight excluding hydrogens is 362 g/mol. The van der Waals surface area contributed by atoms with Gasteiger partial charge in [-0.3, -0.25) is 0 Å². The molecule has 1 saturated carbocycles. The Balaban J connectivity index is 1.51. The third-order valence-corrected chi connectivity index (χ3v) is 4.84. The summed E-state index contributed by atoms with van der Waals surface area (Å²) in [5, 5.41) is 2.89. The molecule has 1 unspecified atom stereocenters. The van der Waals surface area contributed by atoms with Crippen LogP contribution < -0.4 is 14.8 Å². The Kier molecular flexibility index (Phi) is 5.72. The summed E-state index contributed by atoms with van der Waals surface area (Å²) in [7, 11) is 0. The second-order valence-corrected chi connectivity index (χ2v) is 8.39. The quantitative estimate of drug-likeness (QED) is 0.781. The van der Waals surface area contributed by atoms with E-state index >= 15 is 0 Å². The molecule has 1 heterocycles. The van der Waals surface area contributed by atoms with E-state index in [2.05, 4.69) is 5.32 Å². The Labute approximate surface area is 165 Å².